The number of benzene rings is 1. The molecular formula is C27H33FN6O5S. The van der Waals surface area contributed by atoms with Crippen molar-refractivity contribution in [2.24, 2.45) is 7.05 Å². The number of carbonyl (C=O) groups excluding carboxylic acids is 2. The molecule has 2 aromatic heterocycles. The number of nitrogens with zero attached hydrogens (tertiary/aromatic N) is 5. The number of thiazole rings is 1. The van der Waals surface area contributed by atoms with E-state index in [1.807, 2.05) is 6.07 Å². The van der Waals surface area contributed by atoms with E-state index in [1.165, 1.54) is 20.9 Å². The lowest BCUT2D eigenvalue weighted by Crippen LogP contribution is -2.52. The fraction of sp³-hybridized carbons (Fsp3) is 0.519. The third kappa shape index (κ3) is 7.12. The van der Waals surface area contributed by atoms with Crippen LogP contribution in [0.25, 0.3) is 21.5 Å². The van der Waals surface area contributed by atoms with Crippen molar-refractivity contribution in [2.75, 3.05) is 26.8 Å². The number of aromatic nitrogens is 3. The van der Waals surface area contributed by atoms with Gasteiger partial charge in [0, 0.05) is 43.8 Å². The lowest BCUT2D eigenvalue weighted by atomic mass is 10.1. The Morgan fingerprint density at radius 1 is 1.38 bits per heavy atom. The summed E-state index contributed by atoms with van der Waals surface area (Å²) in [7, 11) is 3.22. The van der Waals surface area contributed by atoms with Crippen molar-refractivity contribution >= 4 is 34.2 Å². The van der Waals surface area contributed by atoms with Crippen LogP contribution in [0.1, 0.15) is 32.1 Å². The number of ether oxygens (including phenoxy) is 3. The van der Waals surface area contributed by atoms with E-state index < -0.39 is 35.7 Å². The molecule has 2 amide bonds. The second kappa shape index (κ2) is 12.3. The molecule has 0 unspecified atom stereocenters. The van der Waals surface area contributed by atoms with Gasteiger partial charge in [-0.1, -0.05) is 6.07 Å². The predicted octanol–water partition coefficient (Wildman–Crippen LogP) is 3.43. The minimum absolute atomic E-state index is 0.0167. The molecule has 3 atom stereocenters. The van der Waals surface area contributed by atoms with Gasteiger partial charge < -0.3 is 24.4 Å². The predicted molar refractivity (Wildman–Crippen MR) is 146 cm³/mol. The van der Waals surface area contributed by atoms with Gasteiger partial charge in [-0.25, -0.2) is 9.78 Å². The summed E-state index contributed by atoms with van der Waals surface area (Å²) >= 11 is 1.38. The Balaban J connectivity index is 1.43. The van der Waals surface area contributed by atoms with Crippen LogP contribution in [0.15, 0.2) is 24.4 Å². The first-order valence-electron chi connectivity index (χ1n) is 12.9. The molecule has 1 fully saturated rings. The zero-order chi connectivity index (χ0) is 29.0. The smallest absolute Gasteiger partial charge is 0.410 e. The van der Waals surface area contributed by atoms with Crippen LogP contribution >= 0.6 is 11.3 Å². The summed E-state index contributed by atoms with van der Waals surface area (Å²) in [5, 5.41) is 17.5. The first kappa shape index (κ1) is 29.4. The van der Waals surface area contributed by atoms with E-state index in [2.05, 4.69) is 21.5 Å². The number of aryl methyl sites for hydroxylation is 1. The lowest BCUT2D eigenvalue weighted by molar-refractivity contribution is -0.139. The summed E-state index contributed by atoms with van der Waals surface area (Å²) in [6.45, 7) is 5.81. The quantitative estimate of drug-likeness (QED) is 0.475. The van der Waals surface area contributed by atoms with Gasteiger partial charge in [0.15, 0.2) is 6.10 Å². The van der Waals surface area contributed by atoms with Gasteiger partial charge in [0.1, 0.15) is 16.7 Å². The molecule has 1 aromatic carbocycles. The van der Waals surface area contributed by atoms with Crippen molar-refractivity contribution in [3.8, 4) is 16.6 Å². The molecule has 1 N–H and O–H groups in total. The number of hydrogen-bond acceptors (Lipinski definition) is 9. The van der Waals surface area contributed by atoms with Crippen molar-refractivity contribution < 1.29 is 28.2 Å². The second-order valence-corrected chi connectivity index (χ2v) is 11.7. The minimum atomic E-state index is -1.01. The third-order valence-electron chi connectivity index (χ3n) is 6.35. The molecule has 214 valence electrons. The Hall–Kier alpha value is -3.60. The van der Waals surface area contributed by atoms with Gasteiger partial charge in [0.05, 0.1) is 36.2 Å². The summed E-state index contributed by atoms with van der Waals surface area (Å²) in [5.74, 6) is -1.04. The fourth-order valence-electron chi connectivity index (χ4n) is 4.26. The summed E-state index contributed by atoms with van der Waals surface area (Å²) < 4.78 is 32.1. The summed E-state index contributed by atoms with van der Waals surface area (Å²) in [6, 6.07) is 6.52. The zero-order valence-electron chi connectivity index (χ0n) is 23.1. The first-order valence-corrected chi connectivity index (χ1v) is 13.7. The maximum Gasteiger partial charge on any atom is 0.410 e. The average molecular weight is 573 g/mol. The van der Waals surface area contributed by atoms with Gasteiger partial charge in [-0.3, -0.25) is 9.48 Å². The molecular weight excluding hydrogens is 539 g/mol. The highest BCUT2D eigenvalue weighted by molar-refractivity contribution is 7.15. The maximum absolute atomic E-state index is 13.9. The molecule has 13 heteroatoms. The molecule has 0 saturated carbocycles. The molecule has 4 rings (SSSR count). The largest absolute Gasteiger partial charge is 0.444 e. The van der Waals surface area contributed by atoms with Crippen molar-refractivity contribution in [3.63, 3.8) is 0 Å². The highest BCUT2D eigenvalue weighted by Crippen LogP contribution is 2.29. The van der Waals surface area contributed by atoms with Crippen LogP contribution in [0.4, 0.5) is 9.18 Å². The minimum Gasteiger partial charge on any atom is -0.444 e. The summed E-state index contributed by atoms with van der Waals surface area (Å²) in [6.07, 6.45) is 0.554. The molecule has 1 aliphatic heterocycles. The maximum atomic E-state index is 13.9. The summed E-state index contributed by atoms with van der Waals surface area (Å²) in [4.78, 5) is 32.6. The van der Waals surface area contributed by atoms with Crippen LogP contribution in [0.2, 0.25) is 0 Å². The van der Waals surface area contributed by atoms with Gasteiger partial charge in [0.2, 0.25) is 5.95 Å². The standard InChI is InChI=1S/C27H33FN6O5S/c1-27(2,3)39-26(36)34-9-8-18(37-5)15-38-22(14-34)24(35)31-17(12-29)11-19-13-30-25(40-19)16-6-7-20-21(10-16)33(4)32-23(20)28/h6-7,10,13,17-18,22H,8-9,11,14-15H2,1-5H3,(H,31,35)/t17-,18+,22-/m0/s1. The summed E-state index contributed by atoms with van der Waals surface area (Å²) in [5.41, 5.74) is 0.740. The Kier molecular flexibility index (Phi) is 9.02. The number of fused-ring (bicyclic) bond motifs is 1. The van der Waals surface area contributed by atoms with E-state index in [4.69, 9.17) is 14.2 Å². The SMILES string of the molecule is CO[C@@H]1CCN(C(=O)OC(C)(C)C)C[C@@H](C(=O)N[C@H](C#N)Cc2cnc(-c3ccc4c(F)nn(C)c4c3)s2)OC1. The number of carbonyl (C=O) groups is 2. The van der Waals surface area contributed by atoms with Gasteiger partial charge in [-0.15, -0.1) is 16.4 Å². The number of hydrogen-bond donors (Lipinski definition) is 1. The van der Waals surface area contributed by atoms with E-state index in [9.17, 15) is 19.2 Å². The number of amides is 2. The highest BCUT2D eigenvalue weighted by atomic mass is 32.1. The number of rotatable bonds is 6. The Labute approximate surface area is 235 Å². The van der Waals surface area contributed by atoms with E-state index in [1.54, 1.807) is 53.3 Å². The van der Waals surface area contributed by atoms with E-state index in [-0.39, 0.29) is 25.7 Å². The first-order chi connectivity index (χ1) is 19.0. The Morgan fingerprint density at radius 2 is 2.15 bits per heavy atom. The molecule has 40 heavy (non-hydrogen) atoms. The molecule has 0 radical (unpaired) electrons. The average Bonchev–Trinajstić information content (AvgIpc) is 3.46. The van der Waals surface area contributed by atoms with Crippen LogP contribution in [0.3, 0.4) is 0 Å². The molecule has 3 heterocycles. The number of nitriles is 1. The van der Waals surface area contributed by atoms with Crippen molar-refractivity contribution in [1.29, 1.82) is 5.26 Å². The lowest BCUT2D eigenvalue weighted by Gasteiger charge is -2.33. The molecule has 0 bridgehead atoms. The van der Waals surface area contributed by atoms with Gasteiger partial charge in [-0.2, -0.15) is 9.65 Å². The monoisotopic (exact) mass is 572 g/mol. The van der Waals surface area contributed by atoms with E-state index >= 15 is 0 Å². The fourth-order valence-corrected chi connectivity index (χ4v) is 5.22. The highest BCUT2D eigenvalue weighted by Gasteiger charge is 2.32. The number of halogens is 1. The van der Waals surface area contributed by atoms with E-state index in [0.717, 1.165) is 10.4 Å². The van der Waals surface area contributed by atoms with Crippen LogP contribution in [0.5, 0.6) is 0 Å². The van der Waals surface area contributed by atoms with Gasteiger partial charge in [0.25, 0.3) is 5.91 Å². The van der Waals surface area contributed by atoms with Crippen molar-refractivity contribution in [3.05, 3.63) is 35.2 Å². The Morgan fingerprint density at radius 3 is 2.85 bits per heavy atom. The molecule has 11 nitrogen and oxygen atoms in total. The third-order valence-corrected chi connectivity index (χ3v) is 7.42. The van der Waals surface area contributed by atoms with E-state index in [0.29, 0.717) is 28.9 Å². The zero-order valence-corrected chi connectivity index (χ0v) is 24.0. The van der Waals surface area contributed by atoms with Crippen LogP contribution < -0.4 is 5.32 Å². The van der Waals surface area contributed by atoms with Crippen molar-refractivity contribution in [1.82, 2.24) is 25.0 Å². The Bertz CT molecular complexity index is 1410. The number of methoxy groups -OCH3 is 1. The van der Waals surface area contributed by atoms with Crippen LogP contribution in [0, 0.1) is 17.3 Å². The topological polar surface area (TPSA) is 132 Å². The molecule has 0 spiro atoms. The number of nitrogens with one attached hydrogen (secondary N) is 1. The molecule has 0 aliphatic carbocycles. The van der Waals surface area contributed by atoms with Crippen molar-refractivity contribution in [2.45, 2.75) is 57.5 Å². The van der Waals surface area contributed by atoms with Gasteiger partial charge >= 0.3 is 6.09 Å². The molecule has 1 saturated heterocycles. The second-order valence-electron chi connectivity index (χ2n) is 10.6. The van der Waals surface area contributed by atoms with Crippen LogP contribution in [-0.2, 0) is 32.5 Å². The van der Waals surface area contributed by atoms with Gasteiger partial charge in [-0.05, 0) is 39.3 Å². The normalized spacial score (nSPS) is 19.0. The molecule has 1 aliphatic rings. The molecule has 3 aromatic rings. The van der Waals surface area contributed by atoms with Crippen LogP contribution in [-0.4, -0.2) is 82.3 Å².